The summed E-state index contributed by atoms with van der Waals surface area (Å²) in [5.74, 6) is 1.76. The summed E-state index contributed by atoms with van der Waals surface area (Å²) in [5, 5.41) is 17.6. The maximum absolute atomic E-state index is 13.0. The zero-order valence-corrected chi connectivity index (χ0v) is 17.8. The van der Waals surface area contributed by atoms with Gasteiger partial charge in [-0.1, -0.05) is 19.1 Å². The zero-order chi connectivity index (χ0) is 21.4. The Morgan fingerprint density at radius 2 is 2.10 bits per heavy atom. The molecule has 0 spiro atoms. The maximum Gasteiger partial charge on any atom is 0.168 e. The van der Waals surface area contributed by atoms with Gasteiger partial charge in [-0.3, -0.25) is 4.79 Å². The lowest BCUT2D eigenvalue weighted by Gasteiger charge is -2.14. The van der Waals surface area contributed by atoms with E-state index in [0.29, 0.717) is 36.0 Å². The number of aromatic nitrogens is 3. The molecule has 0 aliphatic heterocycles. The van der Waals surface area contributed by atoms with E-state index in [2.05, 4.69) is 17.3 Å². The van der Waals surface area contributed by atoms with Crippen LogP contribution < -0.4 is 10.1 Å². The van der Waals surface area contributed by atoms with Crippen molar-refractivity contribution in [3.8, 4) is 5.75 Å². The van der Waals surface area contributed by atoms with Crippen LogP contribution in [0.4, 0.5) is 11.5 Å². The molecule has 0 unspecified atom stereocenters. The minimum Gasteiger partial charge on any atom is -0.488 e. The van der Waals surface area contributed by atoms with E-state index >= 15 is 0 Å². The molecule has 31 heavy (non-hydrogen) atoms. The average Bonchev–Trinajstić information content (AvgIpc) is 3.32. The van der Waals surface area contributed by atoms with Gasteiger partial charge in [-0.05, 0) is 56.6 Å². The van der Waals surface area contributed by atoms with E-state index in [4.69, 9.17) is 9.72 Å². The van der Waals surface area contributed by atoms with Crippen molar-refractivity contribution in [2.45, 2.75) is 64.1 Å². The molecule has 2 atom stereocenters. The van der Waals surface area contributed by atoms with Gasteiger partial charge < -0.3 is 15.2 Å². The number of nitrogens with one attached hydrogen (secondary N) is 1. The summed E-state index contributed by atoms with van der Waals surface area (Å²) in [4.78, 5) is 17.8. The van der Waals surface area contributed by atoms with Gasteiger partial charge in [0.2, 0.25) is 0 Å². The van der Waals surface area contributed by atoms with Crippen LogP contribution in [0.3, 0.4) is 0 Å². The fraction of sp³-hybridized carbons (Fsp3) is 0.458. The van der Waals surface area contributed by atoms with E-state index in [1.165, 1.54) is 0 Å². The number of Topliss-reactive ketones (excluding diaryl/α,β-unsaturated/α-hetero) is 1. The Balaban J connectivity index is 1.44. The first kappa shape index (κ1) is 20.0. The van der Waals surface area contributed by atoms with Crippen LogP contribution in [0.25, 0.3) is 5.65 Å². The first-order valence-corrected chi connectivity index (χ1v) is 11.2. The molecule has 2 aliphatic carbocycles. The molecule has 0 saturated heterocycles. The van der Waals surface area contributed by atoms with Gasteiger partial charge in [0.05, 0.1) is 29.7 Å². The number of hydrogen-bond donors (Lipinski definition) is 2. The minimum atomic E-state index is -0.278. The van der Waals surface area contributed by atoms with Gasteiger partial charge in [-0.2, -0.15) is 5.10 Å². The van der Waals surface area contributed by atoms with Crippen molar-refractivity contribution < 1.29 is 14.6 Å². The largest absolute Gasteiger partial charge is 0.488 e. The molecule has 0 radical (unpaired) electrons. The van der Waals surface area contributed by atoms with E-state index in [0.717, 1.165) is 49.2 Å². The Bertz CT molecular complexity index is 1110. The van der Waals surface area contributed by atoms with Crippen LogP contribution in [0.5, 0.6) is 5.75 Å². The third kappa shape index (κ3) is 4.28. The summed E-state index contributed by atoms with van der Waals surface area (Å²) in [6.45, 7) is 2.06. The van der Waals surface area contributed by atoms with Gasteiger partial charge in [0.25, 0.3) is 0 Å². The number of rotatable bonds is 8. The van der Waals surface area contributed by atoms with Gasteiger partial charge in [-0.15, -0.1) is 0 Å². The molecule has 2 saturated carbocycles. The Morgan fingerprint density at radius 3 is 2.84 bits per heavy atom. The molecule has 7 nitrogen and oxygen atoms in total. The van der Waals surface area contributed by atoms with Crippen LogP contribution in [0.1, 0.15) is 61.5 Å². The summed E-state index contributed by atoms with van der Waals surface area (Å²) in [6, 6.07) is 9.83. The summed E-state index contributed by atoms with van der Waals surface area (Å²) < 4.78 is 7.78. The number of ketones is 1. The second-order valence-electron chi connectivity index (χ2n) is 8.68. The van der Waals surface area contributed by atoms with Gasteiger partial charge in [0, 0.05) is 18.2 Å². The first-order chi connectivity index (χ1) is 15.1. The number of carbonyl (C=O) groups excluding carboxylic acids is 1. The molecular weight excluding hydrogens is 392 g/mol. The number of hydrogen-bond acceptors (Lipinski definition) is 6. The maximum atomic E-state index is 13.0. The number of benzene rings is 1. The number of aryl methyl sites for hydroxylation is 1. The first-order valence-electron chi connectivity index (χ1n) is 11.2. The van der Waals surface area contributed by atoms with E-state index in [9.17, 15) is 9.90 Å². The van der Waals surface area contributed by atoms with Gasteiger partial charge in [-0.25, -0.2) is 9.50 Å². The lowest BCUT2D eigenvalue weighted by Crippen LogP contribution is -2.09. The van der Waals surface area contributed by atoms with Crippen molar-refractivity contribution in [3.63, 3.8) is 0 Å². The van der Waals surface area contributed by atoms with Crippen molar-refractivity contribution in [3.05, 3.63) is 47.8 Å². The molecule has 2 fully saturated rings. The van der Waals surface area contributed by atoms with Crippen LogP contribution in [0.15, 0.2) is 36.5 Å². The zero-order valence-electron chi connectivity index (χ0n) is 17.8. The predicted octanol–water partition coefficient (Wildman–Crippen LogP) is 4.31. The van der Waals surface area contributed by atoms with Crippen LogP contribution in [-0.2, 0) is 6.42 Å². The third-order valence-electron chi connectivity index (χ3n) is 6.16. The number of ether oxygens (including phenoxy) is 1. The molecule has 0 bridgehead atoms. The number of aliphatic hydroxyl groups is 1. The van der Waals surface area contributed by atoms with Crippen molar-refractivity contribution in [2.24, 2.45) is 5.92 Å². The molecule has 7 heteroatoms. The number of nitrogens with zero attached hydrogens (tertiary/aromatic N) is 3. The van der Waals surface area contributed by atoms with Gasteiger partial charge in [0.1, 0.15) is 11.6 Å². The second-order valence-corrected chi connectivity index (χ2v) is 8.68. The average molecular weight is 421 g/mol. The Labute approximate surface area is 181 Å². The van der Waals surface area contributed by atoms with Crippen molar-refractivity contribution in [1.82, 2.24) is 14.6 Å². The van der Waals surface area contributed by atoms with Gasteiger partial charge >= 0.3 is 0 Å². The molecule has 2 heterocycles. The van der Waals surface area contributed by atoms with Crippen LogP contribution in [0, 0.1) is 5.92 Å². The highest BCUT2D eigenvalue weighted by atomic mass is 16.5. The predicted molar refractivity (Wildman–Crippen MR) is 118 cm³/mol. The van der Waals surface area contributed by atoms with Crippen LogP contribution in [-0.4, -0.2) is 37.7 Å². The van der Waals surface area contributed by atoms with E-state index in [-0.39, 0.29) is 17.8 Å². The second kappa shape index (κ2) is 8.30. The minimum absolute atomic E-state index is 0.0401. The topological polar surface area (TPSA) is 88.8 Å². The number of aliphatic hydroxyl groups excluding tert-OH is 1. The molecule has 0 amide bonds. The molecule has 1 aromatic carbocycles. The summed E-state index contributed by atoms with van der Waals surface area (Å²) in [7, 11) is 0. The number of fused-ring (bicyclic) bond motifs is 1. The summed E-state index contributed by atoms with van der Waals surface area (Å²) in [6.07, 6.45) is 7.40. The molecule has 3 aromatic rings. The lowest BCUT2D eigenvalue weighted by molar-refractivity contribution is 0.0959. The standard InChI is InChI=1S/C24H28N4O3/c1-2-16-13-23(26-20-5-3-4-6-22(20)31-18-9-10-18)27-24-19(14-25-28(16)24)21(30)12-15-7-8-17(29)11-15/h3-6,13-15,17-18,29H,2,7-12H2,1H3,(H,26,27)/t15-,17-/m0/s1. The Kier molecular flexibility index (Phi) is 5.36. The molecule has 5 rings (SSSR count). The van der Waals surface area contributed by atoms with Crippen molar-refractivity contribution in [2.75, 3.05) is 5.32 Å². The third-order valence-corrected chi connectivity index (χ3v) is 6.16. The highest BCUT2D eigenvalue weighted by Crippen LogP contribution is 2.34. The van der Waals surface area contributed by atoms with Crippen molar-refractivity contribution >= 4 is 22.9 Å². The molecule has 162 valence electrons. The van der Waals surface area contributed by atoms with Crippen LogP contribution >= 0.6 is 0 Å². The fourth-order valence-corrected chi connectivity index (χ4v) is 4.32. The van der Waals surface area contributed by atoms with E-state index < -0.39 is 0 Å². The smallest absolute Gasteiger partial charge is 0.168 e. The lowest BCUT2D eigenvalue weighted by atomic mass is 9.98. The monoisotopic (exact) mass is 420 g/mol. The molecular formula is C24H28N4O3. The van der Waals surface area contributed by atoms with Crippen molar-refractivity contribution in [1.29, 1.82) is 0 Å². The fourth-order valence-electron chi connectivity index (χ4n) is 4.32. The highest BCUT2D eigenvalue weighted by molar-refractivity contribution is 6.01. The number of para-hydroxylation sites is 2. The van der Waals surface area contributed by atoms with Gasteiger partial charge in [0.15, 0.2) is 11.4 Å². The normalized spacial score (nSPS) is 20.8. The molecule has 2 aliphatic rings. The summed E-state index contributed by atoms with van der Waals surface area (Å²) in [5.41, 5.74) is 2.96. The van der Waals surface area contributed by atoms with Crippen LogP contribution in [0.2, 0.25) is 0 Å². The molecule has 2 aromatic heterocycles. The highest BCUT2D eigenvalue weighted by Gasteiger charge is 2.27. The quantitative estimate of drug-likeness (QED) is 0.528. The molecule has 2 N–H and O–H groups in total. The number of anilines is 2. The van der Waals surface area contributed by atoms with E-state index in [1.54, 1.807) is 10.7 Å². The SMILES string of the molecule is CCc1cc(Nc2ccccc2OC2CC2)nc2c(C(=O)C[C@H]3CC[C@H](O)C3)cnn12. The Hall–Kier alpha value is -2.93. The van der Waals surface area contributed by atoms with E-state index in [1.807, 2.05) is 30.3 Å². The number of carbonyl (C=O) groups is 1. The Morgan fingerprint density at radius 1 is 1.26 bits per heavy atom. The summed E-state index contributed by atoms with van der Waals surface area (Å²) >= 11 is 0.